The van der Waals surface area contributed by atoms with Gasteiger partial charge in [-0.05, 0) is 50.6 Å². The molecular formula is C26H29NO7S. The number of benzene rings is 2. The van der Waals surface area contributed by atoms with Crippen molar-refractivity contribution in [3.63, 3.8) is 0 Å². The molecule has 4 rings (SSSR count). The van der Waals surface area contributed by atoms with Crippen molar-refractivity contribution in [1.82, 2.24) is 4.31 Å². The Morgan fingerprint density at radius 3 is 2.37 bits per heavy atom. The van der Waals surface area contributed by atoms with E-state index in [4.69, 9.17) is 14.2 Å². The van der Waals surface area contributed by atoms with E-state index in [0.29, 0.717) is 43.2 Å². The van der Waals surface area contributed by atoms with E-state index in [9.17, 15) is 18.0 Å². The van der Waals surface area contributed by atoms with Crippen LogP contribution in [0.1, 0.15) is 43.1 Å². The minimum Gasteiger partial charge on any atom is -0.466 e. The van der Waals surface area contributed by atoms with Crippen molar-refractivity contribution >= 4 is 27.9 Å². The smallest absolute Gasteiger partial charge is 0.359 e. The molecule has 0 spiro atoms. The molecule has 35 heavy (non-hydrogen) atoms. The average Bonchev–Trinajstić information content (AvgIpc) is 3.12. The van der Waals surface area contributed by atoms with E-state index < -0.39 is 33.0 Å². The molecule has 0 saturated carbocycles. The van der Waals surface area contributed by atoms with Crippen LogP contribution in [0.2, 0.25) is 0 Å². The van der Waals surface area contributed by atoms with Gasteiger partial charge in [0.2, 0.25) is 15.8 Å². The Morgan fingerprint density at radius 1 is 1.09 bits per heavy atom. The number of para-hydroxylation sites is 1. The van der Waals surface area contributed by atoms with E-state index in [0.717, 1.165) is 0 Å². The summed E-state index contributed by atoms with van der Waals surface area (Å²) >= 11 is 0. The molecule has 2 aliphatic heterocycles. The molecule has 1 atom stereocenters. The Balaban J connectivity index is 1.53. The van der Waals surface area contributed by atoms with Crippen LogP contribution in [0.5, 0.6) is 5.75 Å². The highest BCUT2D eigenvalue weighted by Gasteiger charge is 2.55. The summed E-state index contributed by atoms with van der Waals surface area (Å²) in [5.74, 6) is -0.851. The zero-order valence-corrected chi connectivity index (χ0v) is 20.8. The fourth-order valence-electron chi connectivity index (χ4n) is 3.96. The normalized spacial score (nSPS) is 21.1. The van der Waals surface area contributed by atoms with Crippen LogP contribution in [0.3, 0.4) is 0 Å². The summed E-state index contributed by atoms with van der Waals surface area (Å²) in [5, 5.41) is 0. The second kappa shape index (κ2) is 9.56. The number of morpholine rings is 1. The van der Waals surface area contributed by atoms with Gasteiger partial charge in [0, 0.05) is 19.5 Å². The zero-order chi connectivity index (χ0) is 25.3. The van der Waals surface area contributed by atoms with Crippen molar-refractivity contribution in [2.45, 2.75) is 43.3 Å². The minimum absolute atomic E-state index is 0.0384. The van der Waals surface area contributed by atoms with E-state index in [-0.39, 0.29) is 11.3 Å². The topological polar surface area (TPSA) is 99.2 Å². The molecular weight excluding hydrogens is 470 g/mol. The van der Waals surface area contributed by atoms with Crippen LogP contribution < -0.4 is 4.74 Å². The fourth-order valence-corrected chi connectivity index (χ4v) is 5.36. The number of carbonyl (C=O) groups excluding carboxylic acids is 2. The Kier molecular flexibility index (Phi) is 6.86. The third kappa shape index (κ3) is 5.17. The van der Waals surface area contributed by atoms with Crippen molar-refractivity contribution in [3.8, 4) is 5.75 Å². The molecule has 0 N–H and O–H groups in total. The standard InChI is InChI=1S/C26H29NO7S/c1-25(2,3)34-24(29)26(23(28)21-8-4-5-9-22(21)33-26)14-6-7-19-10-12-20(13-11-19)35(30,31)27-15-17-32-18-16-27/h4-13H,14-18H2,1-3H3/b7-6+/t26-/m1/s1. The number of ether oxygens (including phenoxy) is 3. The summed E-state index contributed by atoms with van der Waals surface area (Å²) in [5.41, 5.74) is -1.56. The van der Waals surface area contributed by atoms with Gasteiger partial charge >= 0.3 is 5.97 Å². The fraction of sp³-hybridized carbons (Fsp3) is 0.385. The number of rotatable bonds is 6. The predicted molar refractivity (Wildman–Crippen MR) is 130 cm³/mol. The van der Waals surface area contributed by atoms with Crippen LogP contribution in [0, 0.1) is 0 Å². The van der Waals surface area contributed by atoms with Gasteiger partial charge < -0.3 is 14.2 Å². The molecule has 0 amide bonds. The molecule has 1 fully saturated rings. The molecule has 0 bridgehead atoms. The van der Waals surface area contributed by atoms with E-state index in [2.05, 4.69) is 0 Å². The lowest BCUT2D eigenvalue weighted by Crippen LogP contribution is -2.51. The lowest BCUT2D eigenvalue weighted by molar-refractivity contribution is -0.168. The second-order valence-electron chi connectivity index (χ2n) is 9.45. The molecule has 9 heteroatoms. The Bertz CT molecular complexity index is 1240. The zero-order valence-electron chi connectivity index (χ0n) is 20.0. The number of hydrogen-bond donors (Lipinski definition) is 0. The van der Waals surface area contributed by atoms with Crippen LogP contribution in [0.25, 0.3) is 6.08 Å². The molecule has 0 aliphatic carbocycles. The maximum absolute atomic E-state index is 13.3. The van der Waals surface area contributed by atoms with Gasteiger partial charge in [-0.25, -0.2) is 13.2 Å². The number of carbonyl (C=O) groups is 2. The van der Waals surface area contributed by atoms with Crippen LogP contribution in [0.15, 0.2) is 59.5 Å². The van der Waals surface area contributed by atoms with Crippen LogP contribution in [-0.2, 0) is 24.3 Å². The van der Waals surface area contributed by atoms with Crippen molar-refractivity contribution in [2.24, 2.45) is 0 Å². The summed E-state index contributed by atoms with van der Waals surface area (Å²) in [6.07, 6.45) is 3.35. The summed E-state index contributed by atoms with van der Waals surface area (Å²) in [6, 6.07) is 13.2. The van der Waals surface area contributed by atoms with Crippen LogP contribution in [-0.4, -0.2) is 62.0 Å². The maximum atomic E-state index is 13.3. The summed E-state index contributed by atoms with van der Waals surface area (Å²) in [6.45, 7) is 6.60. The number of sulfonamides is 1. The SMILES string of the molecule is CC(C)(C)OC(=O)[C@]1(C/C=C/c2ccc(S(=O)(=O)N3CCOCC3)cc2)Oc2ccccc2C1=O. The first kappa shape index (κ1) is 25.1. The molecule has 1 saturated heterocycles. The third-order valence-corrected chi connectivity index (χ3v) is 7.63. The third-order valence-electron chi connectivity index (χ3n) is 5.71. The van der Waals surface area contributed by atoms with E-state index >= 15 is 0 Å². The molecule has 2 heterocycles. The van der Waals surface area contributed by atoms with Crippen molar-refractivity contribution in [2.75, 3.05) is 26.3 Å². The van der Waals surface area contributed by atoms with E-state index in [1.165, 1.54) is 4.31 Å². The number of hydrogen-bond acceptors (Lipinski definition) is 7. The Labute approximate surface area is 205 Å². The second-order valence-corrected chi connectivity index (χ2v) is 11.4. The quantitative estimate of drug-likeness (QED) is 0.443. The van der Waals surface area contributed by atoms with E-state index in [1.54, 1.807) is 81.5 Å². The highest BCUT2D eigenvalue weighted by atomic mass is 32.2. The van der Waals surface area contributed by atoms with Crippen molar-refractivity contribution in [1.29, 1.82) is 0 Å². The maximum Gasteiger partial charge on any atom is 0.359 e. The molecule has 2 aromatic rings. The molecule has 186 valence electrons. The van der Waals surface area contributed by atoms with Crippen LogP contribution in [0.4, 0.5) is 0 Å². The number of esters is 1. The first-order valence-corrected chi connectivity index (χ1v) is 12.9. The highest BCUT2D eigenvalue weighted by molar-refractivity contribution is 7.89. The van der Waals surface area contributed by atoms with Gasteiger partial charge in [-0.15, -0.1) is 0 Å². The number of Topliss-reactive ketones (excluding diaryl/α,β-unsaturated/α-hetero) is 1. The van der Waals surface area contributed by atoms with Gasteiger partial charge in [-0.1, -0.05) is 36.4 Å². The lowest BCUT2D eigenvalue weighted by Gasteiger charge is -2.28. The molecule has 2 aromatic carbocycles. The van der Waals surface area contributed by atoms with Gasteiger partial charge in [0.25, 0.3) is 5.60 Å². The van der Waals surface area contributed by atoms with Crippen molar-refractivity contribution < 1.29 is 32.2 Å². The molecule has 0 aromatic heterocycles. The van der Waals surface area contributed by atoms with Gasteiger partial charge in [-0.2, -0.15) is 4.31 Å². The summed E-state index contributed by atoms with van der Waals surface area (Å²) in [4.78, 5) is 26.6. The first-order valence-electron chi connectivity index (χ1n) is 11.4. The number of nitrogens with zero attached hydrogens (tertiary/aromatic N) is 1. The number of ketones is 1. The predicted octanol–water partition coefficient (Wildman–Crippen LogP) is 3.47. The summed E-state index contributed by atoms with van der Waals surface area (Å²) < 4.78 is 43.7. The summed E-state index contributed by atoms with van der Waals surface area (Å²) in [7, 11) is -3.59. The van der Waals surface area contributed by atoms with Crippen LogP contribution >= 0.6 is 0 Å². The molecule has 8 nitrogen and oxygen atoms in total. The first-order chi connectivity index (χ1) is 16.5. The molecule has 2 aliphatic rings. The lowest BCUT2D eigenvalue weighted by atomic mass is 9.91. The monoisotopic (exact) mass is 499 g/mol. The van der Waals surface area contributed by atoms with Gasteiger partial charge in [0.05, 0.1) is 23.7 Å². The van der Waals surface area contributed by atoms with Gasteiger partial charge in [0.1, 0.15) is 11.4 Å². The number of fused-ring (bicyclic) bond motifs is 1. The van der Waals surface area contributed by atoms with E-state index in [1.807, 2.05) is 0 Å². The molecule has 0 unspecified atom stereocenters. The highest BCUT2D eigenvalue weighted by Crippen LogP contribution is 2.39. The largest absolute Gasteiger partial charge is 0.466 e. The molecule has 0 radical (unpaired) electrons. The van der Waals surface area contributed by atoms with Gasteiger partial charge in [0.15, 0.2) is 0 Å². The minimum atomic E-state index is -3.59. The average molecular weight is 500 g/mol. The Hall–Kier alpha value is -3.01. The van der Waals surface area contributed by atoms with Gasteiger partial charge in [-0.3, -0.25) is 4.79 Å². The Morgan fingerprint density at radius 2 is 1.74 bits per heavy atom. The van der Waals surface area contributed by atoms with Crippen molar-refractivity contribution in [3.05, 3.63) is 65.7 Å².